The Labute approximate surface area is 90.8 Å². The lowest BCUT2D eigenvalue weighted by Crippen LogP contribution is -2.26. The van der Waals surface area contributed by atoms with Gasteiger partial charge in [0.05, 0.1) is 12.0 Å². The van der Waals surface area contributed by atoms with Crippen LogP contribution in [0.1, 0.15) is 38.5 Å². The summed E-state index contributed by atoms with van der Waals surface area (Å²) in [4.78, 5) is 11.0. The van der Waals surface area contributed by atoms with Gasteiger partial charge in [0.1, 0.15) is 0 Å². The molecule has 1 aliphatic heterocycles. The number of hydrogen-bond acceptors (Lipinski definition) is 3. The van der Waals surface area contributed by atoms with Crippen LogP contribution >= 0.6 is 0 Å². The van der Waals surface area contributed by atoms with Gasteiger partial charge in [-0.1, -0.05) is 0 Å². The lowest BCUT2D eigenvalue weighted by atomic mass is 9.93. The fraction of sp³-hybridized carbons (Fsp3) is 0.909. The van der Waals surface area contributed by atoms with Crippen molar-refractivity contribution >= 4 is 5.97 Å². The zero-order chi connectivity index (χ0) is 11.1. The Morgan fingerprint density at radius 1 is 1.53 bits per heavy atom. The molecule has 2 unspecified atom stereocenters. The van der Waals surface area contributed by atoms with Crippen LogP contribution in [-0.4, -0.2) is 30.3 Å². The SMILES string of the molecule is NCCCC(CC1CCCCO1)C(=O)O. The standard InChI is InChI=1S/C11H21NO3/c12-6-3-4-9(11(13)14)8-10-5-1-2-7-15-10/h9-10H,1-8,12H2,(H,13,14). The predicted molar refractivity (Wildman–Crippen MR) is 57.6 cm³/mol. The summed E-state index contributed by atoms with van der Waals surface area (Å²) in [6.07, 6.45) is 5.53. The van der Waals surface area contributed by atoms with Crippen LogP contribution in [0.4, 0.5) is 0 Å². The highest BCUT2D eigenvalue weighted by molar-refractivity contribution is 5.69. The van der Waals surface area contributed by atoms with Gasteiger partial charge in [0.15, 0.2) is 0 Å². The van der Waals surface area contributed by atoms with Crippen LogP contribution in [0.3, 0.4) is 0 Å². The average molecular weight is 215 g/mol. The van der Waals surface area contributed by atoms with Crippen molar-refractivity contribution < 1.29 is 14.6 Å². The number of carboxylic acid groups (broad SMARTS) is 1. The van der Waals surface area contributed by atoms with Gasteiger partial charge in [0.25, 0.3) is 0 Å². The topological polar surface area (TPSA) is 72.5 Å². The van der Waals surface area contributed by atoms with Crippen molar-refractivity contribution in [1.29, 1.82) is 0 Å². The first-order valence-corrected chi connectivity index (χ1v) is 5.78. The zero-order valence-corrected chi connectivity index (χ0v) is 9.15. The first-order chi connectivity index (χ1) is 7.24. The molecule has 0 saturated carbocycles. The summed E-state index contributed by atoms with van der Waals surface area (Å²) in [5, 5.41) is 9.03. The van der Waals surface area contributed by atoms with E-state index in [-0.39, 0.29) is 12.0 Å². The van der Waals surface area contributed by atoms with Crippen LogP contribution in [0.25, 0.3) is 0 Å². The Morgan fingerprint density at radius 3 is 2.87 bits per heavy atom. The maximum atomic E-state index is 11.0. The van der Waals surface area contributed by atoms with Gasteiger partial charge in [0, 0.05) is 6.61 Å². The fourth-order valence-corrected chi connectivity index (χ4v) is 2.02. The second-order valence-electron chi connectivity index (χ2n) is 4.19. The normalized spacial score (nSPS) is 23.7. The lowest BCUT2D eigenvalue weighted by Gasteiger charge is -2.25. The molecular formula is C11H21NO3. The smallest absolute Gasteiger partial charge is 0.306 e. The molecule has 0 aromatic heterocycles. The van der Waals surface area contributed by atoms with Gasteiger partial charge in [0.2, 0.25) is 0 Å². The molecule has 2 atom stereocenters. The fourth-order valence-electron chi connectivity index (χ4n) is 2.02. The van der Waals surface area contributed by atoms with Crippen molar-refractivity contribution in [3.8, 4) is 0 Å². The van der Waals surface area contributed by atoms with Crippen LogP contribution in [0, 0.1) is 5.92 Å². The molecule has 1 rings (SSSR count). The second kappa shape index (κ2) is 6.80. The predicted octanol–water partition coefficient (Wildman–Crippen LogP) is 1.39. The summed E-state index contributed by atoms with van der Waals surface area (Å²) >= 11 is 0. The number of aliphatic carboxylic acids is 1. The molecule has 0 aromatic carbocycles. The molecule has 1 saturated heterocycles. The number of hydrogen-bond donors (Lipinski definition) is 2. The Kier molecular flexibility index (Phi) is 5.65. The minimum Gasteiger partial charge on any atom is -0.481 e. The van der Waals surface area contributed by atoms with Crippen molar-refractivity contribution in [2.24, 2.45) is 11.7 Å². The number of carboxylic acids is 1. The van der Waals surface area contributed by atoms with E-state index >= 15 is 0 Å². The molecule has 1 fully saturated rings. The summed E-state index contributed by atoms with van der Waals surface area (Å²) in [6, 6.07) is 0. The quantitative estimate of drug-likeness (QED) is 0.702. The molecule has 15 heavy (non-hydrogen) atoms. The summed E-state index contributed by atoms with van der Waals surface area (Å²) in [7, 11) is 0. The molecule has 0 aliphatic carbocycles. The number of rotatable bonds is 6. The van der Waals surface area contributed by atoms with Crippen LogP contribution in [0.5, 0.6) is 0 Å². The van der Waals surface area contributed by atoms with Gasteiger partial charge in [-0.2, -0.15) is 0 Å². The molecule has 88 valence electrons. The Bertz CT molecular complexity index is 190. The molecular weight excluding hydrogens is 194 g/mol. The van der Waals surface area contributed by atoms with Crippen LogP contribution < -0.4 is 5.73 Å². The van der Waals surface area contributed by atoms with E-state index in [1.165, 1.54) is 0 Å². The highest BCUT2D eigenvalue weighted by Crippen LogP contribution is 2.22. The van der Waals surface area contributed by atoms with E-state index in [4.69, 9.17) is 15.6 Å². The summed E-state index contributed by atoms with van der Waals surface area (Å²) in [6.45, 7) is 1.35. The van der Waals surface area contributed by atoms with Gasteiger partial charge in [-0.25, -0.2) is 0 Å². The largest absolute Gasteiger partial charge is 0.481 e. The lowest BCUT2D eigenvalue weighted by molar-refractivity contribution is -0.143. The van der Waals surface area contributed by atoms with Gasteiger partial charge in [-0.3, -0.25) is 4.79 Å². The third kappa shape index (κ3) is 4.62. The molecule has 0 spiro atoms. The van der Waals surface area contributed by atoms with E-state index in [0.29, 0.717) is 19.4 Å². The van der Waals surface area contributed by atoms with Crippen LogP contribution in [-0.2, 0) is 9.53 Å². The molecule has 3 N–H and O–H groups in total. The first kappa shape index (κ1) is 12.5. The zero-order valence-electron chi connectivity index (χ0n) is 9.15. The highest BCUT2D eigenvalue weighted by Gasteiger charge is 2.23. The molecule has 0 amide bonds. The van der Waals surface area contributed by atoms with Gasteiger partial charge >= 0.3 is 5.97 Å². The minimum atomic E-state index is -0.711. The molecule has 1 heterocycles. The van der Waals surface area contributed by atoms with Crippen molar-refractivity contribution in [2.75, 3.05) is 13.2 Å². The van der Waals surface area contributed by atoms with Crippen molar-refractivity contribution in [3.05, 3.63) is 0 Å². The van der Waals surface area contributed by atoms with Gasteiger partial charge in [-0.15, -0.1) is 0 Å². The monoisotopic (exact) mass is 215 g/mol. The van der Waals surface area contributed by atoms with Gasteiger partial charge in [-0.05, 0) is 45.1 Å². The minimum absolute atomic E-state index is 0.151. The third-order valence-corrected chi connectivity index (χ3v) is 2.93. The third-order valence-electron chi connectivity index (χ3n) is 2.93. The van der Waals surface area contributed by atoms with Crippen LogP contribution in [0.2, 0.25) is 0 Å². The summed E-state index contributed by atoms with van der Waals surface area (Å²) in [5.41, 5.74) is 5.39. The van der Waals surface area contributed by atoms with E-state index in [9.17, 15) is 4.79 Å². The number of nitrogens with two attached hydrogens (primary N) is 1. The Hall–Kier alpha value is -0.610. The number of carbonyl (C=O) groups is 1. The second-order valence-corrected chi connectivity index (χ2v) is 4.19. The van der Waals surface area contributed by atoms with E-state index < -0.39 is 5.97 Å². The molecule has 0 aromatic rings. The van der Waals surface area contributed by atoms with E-state index in [2.05, 4.69) is 0 Å². The Morgan fingerprint density at radius 2 is 2.33 bits per heavy atom. The van der Waals surface area contributed by atoms with E-state index in [0.717, 1.165) is 32.3 Å². The summed E-state index contributed by atoms with van der Waals surface area (Å²) in [5.74, 6) is -0.991. The Balaban J connectivity index is 2.31. The van der Waals surface area contributed by atoms with E-state index in [1.54, 1.807) is 0 Å². The first-order valence-electron chi connectivity index (χ1n) is 5.78. The molecule has 0 bridgehead atoms. The molecule has 4 heteroatoms. The van der Waals surface area contributed by atoms with Gasteiger partial charge < -0.3 is 15.6 Å². The maximum absolute atomic E-state index is 11.0. The molecule has 1 aliphatic rings. The van der Waals surface area contributed by atoms with Crippen molar-refractivity contribution in [3.63, 3.8) is 0 Å². The van der Waals surface area contributed by atoms with Crippen molar-refractivity contribution in [1.82, 2.24) is 0 Å². The van der Waals surface area contributed by atoms with E-state index in [1.807, 2.05) is 0 Å². The highest BCUT2D eigenvalue weighted by atomic mass is 16.5. The summed E-state index contributed by atoms with van der Waals surface area (Å²) < 4.78 is 5.54. The molecule has 4 nitrogen and oxygen atoms in total. The van der Waals surface area contributed by atoms with Crippen molar-refractivity contribution in [2.45, 2.75) is 44.6 Å². The average Bonchev–Trinajstić information content (AvgIpc) is 2.25. The van der Waals surface area contributed by atoms with Crippen LogP contribution in [0.15, 0.2) is 0 Å². The molecule has 0 radical (unpaired) electrons. The number of ether oxygens (including phenoxy) is 1. The maximum Gasteiger partial charge on any atom is 0.306 e.